The molecular weight excluding hydrogens is 143 g/mol. The minimum absolute atomic E-state index is 0.0882. The second-order valence-corrected chi connectivity index (χ2v) is 5.69. The minimum atomic E-state index is -0.907. The third-order valence-corrected chi connectivity index (χ3v) is 2.16. The first-order valence-electron chi connectivity index (χ1n) is 3.65. The largest absolute Gasteiger partial charge is 0.495 e. The van der Waals surface area contributed by atoms with Gasteiger partial charge >= 0.3 is 14.5 Å². The van der Waals surface area contributed by atoms with Crippen LogP contribution in [-0.2, 0) is 8.53 Å². The van der Waals surface area contributed by atoms with Crippen LogP contribution in [0.5, 0.6) is 0 Å². The molecule has 2 nitrogen and oxygen atoms in total. The molecule has 3 heteroatoms. The maximum atomic E-state index is 5.69. The number of methoxy groups -OCH3 is 1. The van der Waals surface area contributed by atoms with Gasteiger partial charge in [-0.15, -0.1) is 0 Å². The standard InChI is InChI=1S/C5H11O2.2CH3.Al/c1-5(2,6)4-7-3;;;/h4H2,1-3H3;2*1H3;/q-1;;;+1. The monoisotopic (exact) mass is 160 g/mol. The second kappa shape index (κ2) is 4.36. The highest BCUT2D eigenvalue weighted by molar-refractivity contribution is 6.48. The summed E-state index contributed by atoms with van der Waals surface area (Å²) in [5.41, 5.74) is -0.0882. The second-order valence-electron chi connectivity index (χ2n) is 3.36. The van der Waals surface area contributed by atoms with Crippen LogP contribution in [-0.4, -0.2) is 33.8 Å². The van der Waals surface area contributed by atoms with Gasteiger partial charge in [-0.1, -0.05) is 11.6 Å². The van der Waals surface area contributed by atoms with Crippen molar-refractivity contribution in [2.45, 2.75) is 31.0 Å². The number of ether oxygens (including phenoxy) is 1. The van der Waals surface area contributed by atoms with Gasteiger partial charge in [0.25, 0.3) is 0 Å². The van der Waals surface area contributed by atoms with Gasteiger partial charge in [-0.25, -0.2) is 0 Å². The lowest BCUT2D eigenvalue weighted by molar-refractivity contribution is 0.0170. The average Bonchev–Trinajstić information content (AvgIpc) is 1.59. The van der Waals surface area contributed by atoms with Crippen molar-refractivity contribution in [2.24, 2.45) is 0 Å². The molecule has 0 saturated heterocycles. The van der Waals surface area contributed by atoms with Gasteiger partial charge in [0.1, 0.15) is 0 Å². The first kappa shape index (κ1) is 10.5. The Labute approximate surface area is 68.2 Å². The molecule has 0 bridgehead atoms. The Morgan fingerprint density at radius 3 is 2.10 bits per heavy atom. The molecule has 0 amide bonds. The van der Waals surface area contributed by atoms with Crippen molar-refractivity contribution in [3.63, 3.8) is 0 Å². The third-order valence-electron chi connectivity index (χ3n) is 1.05. The molecule has 0 atom stereocenters. The summed E-state index contributed by atoms with van der Waals surface area (Å²) in [6.07, 6.45) is 0. The van der Waals surface area contributed by atoms with E-state index in [0.717, 1.165) is 0 Å². The van der Waals surface area contributed by atoms with E-state index in [-0.39, 0.29) is 5.60 Å². The third kappa shape index (κ3) is 5.25. The van der Waals surface area contributed by atoms with Gasteiger partial charge in [-0.3, -0.25) is 0 Å². The Balaban J connectivity index is 3.63. The fourth-order valence-electron chi connectivity index (χ4n) is 1.02. The molecule has 0 aromatic rings. The lowest BCUT2D eigenvalue weighted by Gasteiger charge is -2.27. The van der Waals surface area contributed by atoms with Gasteiger partial charge in [-0.2, -0.15) is 0 Å². The van der Waals surface area contributed by atoms with Crippen molar-refractivity contribution in [1.29, 1.82) is 0 Å². The van der Waals surface area contributed by atoms with E-state index in [0.29, 0.717) is 6.61 Å². The molecule has 0 spiro atoms. The molecule has 0 aliphatic rings. The van der Waals surface area contributed by atoms with Gasteiger partial charge in [0.15, 0.2) is 0 Å². The zero-order valence-corrected chi connectivity index (χ0v) is 8.76. The van der Waals surface area contributed by atoms with Crippen LogP contribution in [0.3, 0.4) is 0 Å². The smallest absolute Gasteiger partial charge is 0.454 e. The summed E-state index contributed by atoms with van der Waals surface area (Å²) in [5.74, 6) is 4.33. The molecule has 0 N–H and O–H groups in total. The Bertz CT molecular complexity index is 91.6. The van der Waals surface area contributed by atoms with E-state index < -0.39 is 14.5 Å². The van der Waals surface area contributed by atoms with Crippen molar-refractivity contribution in [1.82, 2.24) is 0 Å². The molecule has 0 aromatic heterocycles. The first-order valence-corrected chi connectivity index (χ1v) is 6.43. The van der Waals surface area contributed by atoms with E-state index >= 15 is 0 Å². The Kier molecular flexibility index (Phi) is 4.55. The zero-order chi connectivity index (χ0) is 8.20. The van der Waals surface area contributed by atoms with E-state index in [9.17, 15) is 0 Å². The van der Waals surface area contributed by atoms with Crippen LogP contribution >= 0.6 is 0 Å². The van der Waals surface area contributed by atoms with E-state index in [1.54, 1.807) is 7.11 Å². The molecule has 10 heavy (non-hydrogen) atoms. The molecule has 0 radical (unpaired) electrons. The van der Waals surface area contributed by atoms with Gasteiger partial charge in [-0.05, 0) is 13.8 Å². The van der Waals surface area contributed by atoms with Crippen LogP contribution in [0.2, 0.25) is 11.6 Å². The lowest BCUT2D eigenvalue weighted by Crippen LogP contribution is -2.34. The Hall–Kier alpha value is 0.452. The van der Waals surface area contributed by atoms with Crippen LogP contribution in [0.4, 0.5) is 0 Å². The summed E-state index contributed by atoms with van der Waals surface area (Å²) in [6, 6.07) is 0. The van der Waals surface area contributed by atoms with Crippen molar-refractivity contribution < 1.29 is 8.53 Å². The maximum absolute atomic E-state index is 5.69. The Morgan fingerprint density at radius 2 is 1.80 bits per heavy atom. The van der Waals surface area contributed by atoms with Gasteiger partial charge < -0.3 is 8.53 Å². The van der Waals surface area contributed by atoms with Crippen molar-refractivity contribution in [2.75, 3.05) is 13.7 Å². The highest BCUT2D eigenvalue weighted by atomic mass is 27.2. The molecule has 0 saturated carbocycles. The fourth-order valence-corrected chi connectivity index (χ4v) is 2.36. The quantitative estimate of drug-likeness (QED) is 0.582. The number of rotatable bonds is 4. The van der Waals surface area contributed by atoms with Crippen LogP contribution in [0.15, 0.2) is 0 Å². The van der Waals surface area contributed by atoms with Crippen LogP contribution < -0.4 is 0 Å². The molecular formula is C7H17AlO2. The molecule has 0 aliphatic carbocycles. The fraction of sp³-hybridized carbons (Fsp3) is 1.00. The lowest BCUT2D eigenvalue weighted by atomic mass is 10.2. The van der Waals surface area contributed by atoms with Crippen LogP contribution in [0.1, 0.15) is 13.8 Å². The van der Waals surface area contributed by atoms with Gasteiger partial charge in [0.05, 0.1) is 12.2 Å². The molecule has 60 valence electrons. The summed E-state index contributed by atoms with van der Waals surface area (Å²) >= 11 is -0.907. The zero-order valence-electron chi connectivity index (χ0n) is 7.60. The highest BCUT2D eigenvalue weighted by Crippen LogP contribution is 2.10. The highest BCUT2D eigenvalue weighted by Gasteiger charge is 2.21. The number of hydrogen-bond donors (Lipinski definition) is 0. The van der Waals surface area contributed by atoms with E-state index in [2.05, 4.69) is 25.4 Å². The van der Waals surface area contributed by atoms with E-state index in [4.69, 9.17) is 8.53 Å². The summed E-state index contributed by atoms with van der Waals surface area (Å²) in [7, 11) is 1.70. The maximum Gasteiger partial charge on any atom is 0.454 e. The summed E-state index contributed by atoms with van der Waals surface area (Å²) in [4.78, 5) is 0. The predicted octanol–water partition coefficient (Wildman–Crippen LogP) is 1.68. The molecule has 0 unspecified atom stereocenters. The Morgan fingerprint density at radius 1 is 1.30 bits per heavy atom. The molecule has 0 aromatic carbocycles. The number of hydrogen-bond acceptors (Lipinski definition) is 2. The summed E-state index contributed by atoms with van der Waals surface area (Å²) in [6.45, 7) is 4.80. The van der Waals surface area contributed by atoms with Gasteiger partial charge in [0, 0.05) is 7.11 Å². The summed E-state index contributed by atoms with van der Waals surface area (Å²) < 4.78 is 10.7. The minimum Gasteiger partial charge on any atom is -0.495 e. The SMILES string of the molecule is COCC(C)(C)[O][Al]([CH3])[CH3]. The first-order chi connectivity index (χ1) is 4.48. The topological polar surface area (TPSA) is 18.5 Å². The normalized spacial score (nSPS) is 11.7. The van der Waals surface area contributed by atoms with Gasteiger partial charge in [0.2, 0.25) is 0 Å². The van der Waals surface area contributed by atoms with Crippen molar-refractivity contribution in [3.05, 3.63) is 0 Å². The van der Waals surface area contributed by atoms with Crippen molar-refractivity contribution >= 4 is 14.5 Å². The van der Waals surface area contributed by atoms with E-state index in [1.165, 1.54) is 0 Å². The van der Waals surface area contributed by atoms with Crippen molar-refractivity contribution in [3.8, 4) is 0 Å². The molecule has 0 rings (SSSR count). The van der Waals surface area contributed by atoms with E-state index in [1.807, 2.05) is 0 Å². The predicted molar refractivity (Wildman–Crippen MR) is 44.5 cm³/mol. The summed E-state index contributed by atoms with van der Waals surface area (Å²) in [5, 5.41) is 0. The van der Waals surface area contributed by atoms with Crippen LogP contribution in [0.25, 0.3) is 0 Å². The molecule has 0 heterocycles. The van der Waals surface area contributed by atoms with Crippen LogP contribution in [0, 0.1) is 0 Å². The molecule has 0 aliphatic heterocycles. The average molecular weight is 160 g/mol. The molecule has 0 fully saturated rings.